The molecular formula is C17H32N4O2. The Labute approximate surface area is 140 Å². The summed E-state index contributed by atoms with van der Waals surface area (Å²) in [4.78, 5) is 28.4. The Bertz CT molecular complexity index is 386. The van der Waals surface area contributed by atoms with Crippen molar-refractivity contribution in [3.63, 3.8) is 0 Å². The van der Waals surface area contributed by atoms with Crippen LogP contribution in [0.1, 0.15) is 46.0 Å². The van der Waals surface area contributed by atoms with Crippen LogP contribution >= 0.6 is 0 Å². The number of urea groups is 1. The quantitative estimate of drug-likeness (QED) is 0.726. The van der Waals surface area contributed by atoms with Crippen molar-refractivity contribution in [1.82, 2.24) is 20.4 Å². The van der Waals surface area contributed by atoms with E-state index in [-0.39, 0.29) is 23.9 Å². The molecule has 2 aliphatic rings. The number of amides is 3. The number of carbonyl (C=O) groups is 2. The third-order valence-corrected chi connectivity index (χ3v) is 4.71. The van der Waals surface area contributed by atoms with Gasteiger partial charge in [0.15, 0.2) is 0 Å². The summed E-state index contributed by atoms with van der Waals surface area (Å²) in [5.41, 5.74) is 0. The molecule has 0 radical (unpaired) electrons. The van der Waals surface area contributed by atoms with Crippen LogP contribution < -0.4 is 10.6 Å². The molecule has 0 aromatic rings. The van der Waals surface area contributed by atoms with Crippen LogP contribution in [0.2, 0.25) is 0 Å². The first-order valence-corrected chi connectivity index (χ1v) is 9.12. The second kappa shape index (κ2) is 9.11. The summed E-state index contributed by atoms with van der Waals surface area (Å²) >= 11 is 0. The summed E-state index contributed by atoms with van der Waals surface area (Å²) in [6.07, 6.45) is 5.19. The minimum atomic E-state index is -0.00975. The third kappa shape index (κ3) is 6.01. The molecule has 2 N–H and O–H groups in total. The fourth-order valence-corrected chi connectivity index (χ4v) is 3.35. The molecule has 6 heteroatoms. The maximum absolute atomic E-state index is 12.2. The van der Waals surface area contributed by atoms with Gasteiger partial charge in [-0.2, -0.15) is 0 Å². The highest BCUT2D eigenvalue weighted by Gasteiger charge is 2.27. The topological polar surface area (TPSA) is 64.7 Å². The molecular weight excluding hydrogens is 292 g/mol. The Morgan fingerprint density at radius 2 is 1.74 bits per heavy atom. The lowest BCUT2D eigenvalue weighted by atomic mass is 9.96. The van der Waals surface area contributed by atoms with Crippen LogP contribution in [0.4, 0.5) is 4.79 Å². The number of carbonyl (C=O) groups excluding carboxylic acids is 2. The number of likely N-dealkylation sites (tertiary alicyclic amines) is 2. The van der Waals surface area contributed by atoms with E-state index in [0.717, 1.165) is 32.4 Å². The Kier molecular flexibility index (Phi) is 7.15. The molecule has 0 bridgehead atoms. The van der Waals surface area contributed by atoms with Crippen LogP contribution in [0.25, 0.3) is 0 Å². The second-order valence-electron chi connectivity index (χ2n) is 7.06. The van der Waals surface area contributed by atoms with Crippen molar-refractivity contribution in [1.29, 1.82) is 0 Å². The highest BCUT2D eigenvalue weighted by atomic mass is 16.2. The molecule has 0 aromatic heterocycles. The van der Waals surface area contributed by atoms with Gasteiger partial charge in [0, 0.05) is 31.6 Å². The lowest BCUT2D eigenvalue weighted by Gasteiger charge is -2.32. The van der Waals surface area contributed by atoms with E-state index in [9.17, 15) is 9.59 Å². The molecule has 3 amide bonds. The Morgan fingerprint density at radius 1 is 1.09 bits per heavy atom. The zero-order valence-electron chi connectivity index (χ0n) is 14.6. The van der Waals surface area contributed by atoms with Crippen molar-refractivity contribution in [2.24, 2.45) is 5.92 Å². The Morgan fingerprint density at radius 3 is 2.35 bits per heavy atom. The van der Waals surface area contributed by atoms with Gasteiger partial charge in [0.05, 0.1) is 0 Å². The van der Waals surface area contributed by atoms with E-state index in [1.165, 1.54) is 25.9 Å². The first-order valence-electron chi connectivity index (χ1n) is 9.12. The number of piperidine rings is 1. The van der Waals surface area contributed by atoms with Gasteiger partial charge < -0.3 is 20.4 Å². The second-order valence-corrected chi connectivity index (χ2v) is 7.06. The molecule has 132 valence electrons. The predicted molar refractivity (Wildman–Crippen MR) is 91.3 cm³/mol. The van der Waals surface area contributed by atoms with Gasteiger partial charge in [0.2, 0.25) is 5.91 Å². The van der Waals surface area contributed by atoms with Crippen molar-refractivity contribution in [3.05, 3.63) is 0 Å². The van der Waals surface area contributed by atoms with Gasteiger partial charge in [-0.3, -0.25) is 4.79 Å². The molecule has 0 aromatic carbocycles. The fourth-order valence-electron chi connectivity index (χ4n) is 3.35. The van der Waals surface area contributed by atoms with Crippen LogP contribution in [0, 0.1) is 5.92 Å². The van der Waals surface area contributed by atoms with Gasteiger partial charge in [-0.25, -0.2) is 4.79 Å². The molecule has 0 saturated carbocycles. The summed E-state index contributed by atoms with van der Waals surface area (Å²) in [7, 11) is 0. The number of rotatable bonds is 6. The van der Waals surface area contributed by atoms with Crippen molar-refractivity contribution in [2.45, 2.75) is 52.0 Å². The van der Waals surface area contributed by atoms with Crippen LogP contribution in [0.5, 0.6) is 0 Å². The van der Waals surface area contributed by atoms with Crippen LogP contribution in [0.15, 0.2) is 0 Å². The van der Waals surface area contributed by atoms with E-state index in [4.69, 9.17) is 0 Å². The maximum Gasteiger partial charge on any atom is 0.317 e. The molecule has 0 spiro atoms. The molecule has 2 fully saturated rings. The summed E-state index contributed by atoms with van der Waals surface area (Å²) < 4.78 is 0. The van der Waals surface area contributed by atoms with Crippen LogP contribution in [0.3, 0.4) is 0 Å². The van der Waals surface area contributed by atoms with Gasteiger partial charge in [-0.05, 0) is 65.6 Å². The number of nitrogens with zero attached hydrogens (tertiary/aromatic N) is 2. The molecule has 0 unspecified atom stereocenters. The Hall–Kier alpha value is -1.30. The van der Waals surface area contributed by atoms with E-state index in [2.05, 4.69) is 15.5 Å². The summed E-state index contributed by atoms with van der Waals surface area (Å²) in [5, 5.41) is 5.97. The molecule has 23 heavy (non-hydrogen) atoms. The minimum absolute atomic E-state index is 0.00975. The van der Waals surface area contributed by atoms with Crippen molar-refractivity contribution in [2.75, 3.05) is 39.3 Å². The monoisotopic (exact) mass is 324 g/mol. The predicted octanol–water partition coefficient (Wildman–Crippen LogP) is 1.42. The molecule has 2 rings (SSSR count). The van der Waals surface area contributed by atoms with E-state index in [1.54, 1.807) is 0 Å². The molecule has 0 atom stereocenters. The molecule has 2 aliphatic heterocycles. The lowest BCUT2D eigenvalue weighted by molar-refractivity contribution is -0.126. The van der Waals surface area contributed by atoms with Crippen LogP contribution in [-0.4, -0.2) is 67.0 Å². The van der Waals surface area contributed by atoms with E-state index >= 15 is 0 Å². The minimum Gasteiger partial charge on any atom is -0.356 e. The van der Waals surface area contributed by atoms with Crippen molar-refractivity contribution in [3.8, 4) is 0 Å². The first-order chi connectivity index (χ1) is 11.1. The van der Waals surface area contributed by atoms with Gasteiger partial charge in [0.25, 0.3) is 0 Å². The average Bonchev–Trinajstić information content (AvgIpc) is 3.04. The standard InChI is InChI=1S/C17H32N4O2/c1-14(2)19-17(23)21-12-6-15(7-13-21)16(22)18-8-5-11-20-9-3-4-10-20/h14-15H,3-13H2,1-2H3,(H,18,22)(H,19,23). The normalized spacial score (nSPS) is 20.0. The fraction of sp³-hybridized carbons (Fsp3) is 0.882. The zero-order valence-corrected chi connectivity index (χ0v) is 14.6. The molecule has 2 saturated heterocycles. The highest BCUT2D eigenvalue weighted by Crippen LogP contribution is 2.17. The average molecular weight is 324 g/mol. The number of nitrogens with one attached hydrogen (secondary N) is 2. The smallest absolute Gasteiger partial charge is 0.317 e. The third-order valence-electron chi connectivity index (χ3n) is 4.71. The molecule has 0 aliphatic carbocycles. The van der Waals surface area contributed by atoms with Gasteiger partial charge >= 0.3 is 6.03 Å². The van der Waals surface area contributed by atoms with Gasteiger partial charge in [-0.1, -0.05) is 0 Å². The molecule has 2 heterocycles. The largest absolute Gasteiger partial charge is 0.356 e. The summed E-state index contributed by atoms with van der Waals surface area (Å²) in [5.74, 6) is 0.222. The van der Waals surface area contributed by atoms with E-state index in [1.807, 2.05) is 18.7 Å². The molecule has 6 nitrogen and oxygen atoms in total. The summed E-state index contributed by atoms with van der Waals surface area (Å²) in [6.45, 7) is 9.54. The highest BCUT2D eigenvalue weighted by molar-refractivity contribution is 5.79. The maximum atomic E-state index is 12.2. The van der Waals surface area contributed by atoms with Gasteiger partial charge in [0.1, 0.15) is 0 Å². The van der Waals surface area contributed by atoms with Gasteiger partial charge in [-0.15, -0.1) is 0 Å². The SMILES string of the molecule is CC(C)NC(=O)N1CCC(C(=O)NCCCN2CCCC2)CC1. The zero-order chi connectivity index (χ0) is 16.7. The van der Waals surface area contributed by atoms with Crippen LogP contribution in [-0.2, 0) is 4.79 Å². The number of hydrogen-bond donors (Lipinski definition) is 2. The van der Waals surface area contributed by atoms with Crippen molar-refractivity contribution < 1.29 is 9.59 Å². The Balaban J connectivity index is 1.58. The van der Waals surface area contributed by atoms with E-state index in [0.29, 0.717) is 13.1 Å². The lowest BCUT2D eigenvalue weighted by Crippen LogP contribution is -2.48. The van der Waals surface area contributed by atoms with Crippen molar-refractivity contribution >= 4 is 11.9 Å². The first kappa shape index (κ1) is 18.0. The summed E-state index contributed by atoms with van der Waals surface area (Å²) in [6, 6.07) is 0.142. The van der Waals surface area contributed by atoms with E-state index < -0.39 is 0 Å². The number of hydrogen-bond acceptors (Lipinski definition) is 3.